The number of aromatic nitrogens is 1. The van der Waals surface area contributed by atoms with Crippen molar-refractivity contribution >= 4 is 5.91 Å². The predicted molar refractivity (Wildman–Crippen MR) is 96.3 cm³/mol. The van der Waals surface area contributed by atoms with E-state index in [2.05, 4.69) is 4.98 Å². The Balaban J connectivity index is 1.98. The van der Waals surface area contributed by atoms with Crippen molar-refractivity contribution in [1.29, 1.82) is 0 Å². The van der Waals surface area contributed by atoms with Crippen LogP contribution in [0.1, 0.15) is 43.9 Å². The second-order valence-electron chi connectivity index (χ2n) is 6.53. The lowest BCUT2D eigenvalue weighted by Crippen LogP contribution is -2.34. The Hall–Kier alpha value is -2.49. The molecule has 3 nitrogen and oxygen atoms in total. The number of nitrogens with zero attached hydrogens (tertiary/aromatic N) is 2. The lowest BCUT2D eigenvalue weighted by molar-refractivity contribution is -0.127. The minimum Gasteiger partial charge on any atom is -0.328 e. The van der Waals surface area contributed by atoms with Gasteiger partial charge in [-0.15, -0.1) is 0 Å². The third-order valence-corrected chi connectivity index (χ3v) is 4.69. The normalized spacial score (nSPS) is 15.7. The monoisotopic (exact) mass is 338 g/mol. The van der Waals surface area contributed by atoms with Crippen molar-refractivity contribution in [1.82, 2.24) is 9.88 Å². The van der Waals surface area contributed by atoms with Gasteiger partial charge in [0.1, 0.15) is 5.82 Å². The minimum atomic E-state index is -0.285. The van der Waals surface area contributed by atoms with Gasteiger partial charge in [0, 0.05) is 25.0 Å². The number of amides is 1. The zero-order valence-corrected chi connectivity index (χ0v) is 14.7. The van der Waals surface area contributed by atoms with Gasteiger partial charge in [-0.25, -0.2) is 4.39 Å². The highest BCUT2D eigenvalue weighted by Gasteiger charge is 2.27. The van der Waals surface area contributed by atoms with Crippen molar-refractivity contribution in [2.24, 2.45) is 5.92 Å². The number of benzene rings is 1. The van der Waals surface area contributed by atoms with Crippen LogP contribution in [0, 0.1) is 11.7 Å². The molecule has 0 bridgehead atoms. The van der Waals surface area contributed by atoms with Crippen LogP contribution >= 0.6 is 0 Å². The molecule has 0 spiro atoms. The van der Waals surface area contributed by atoms with Gasteiger partial charge in [0.25, 0.3) is 0 Å². The van der Waals surface area contributed by atoms with Crippen LogP contribution in [0.4, 0.5) is 4.39 Å². The van der Waals surface area contributed by atoms with Gasteiger partial charge >= 0.3 is 0 Å². The van der Waals surface area contributed by atoms with Crippen LogP contribution in [0.2, 0.25) is 0 Å². The number of hydrogen-bond donors (Lipinski definition) is 0. The summed E-state index contributed by atoms with van der Waals surface area (Å²) in [5.74, 6) is 0.267. The summed E-state index contributed by atoms with van der Waals surface area (Å²) < 4.78 is 13.4. The Morgan fingerprint density at radius 1 is 1.28 bits per heavy atom. The van der Waals surface area contributed by atoms with Gasteiger partial charge in [0.2, 0.25) is 5.91 Å². The summed E-state index contributed by atoms with van der Waals surface area (Å²) in [4.78, 5) is 18.9. The average molecular weight is 338 g/mol. The van der Waals surface area contributed by atoms with Gasteiger partial charge in [-0.1, -0.05) is 23.8 Å². The molecule has 0 aliphatic heterocycles. The number of allylic oxidation sites excluding steroid dienone is 1. The minimum absolute atomic E-state index is 0.00919. The highest BCUT2D eigenvalue weighted by Crippen LogP contribution is 2.36. The first kappa shape index (κ1) is 17.3. The van der Waals surface area contributed by atoms with Gasteiger partial charge in [0.05, 0.1) is 6.04 Å². The van der Waals surface area contributed by atoms with Gasteiger partial charge < -0.3 is 4.90 Å². The second-order valence-corrected chi connectivity index (χ2v) is 6.53. The first-order valence-electron chi connectivity index (χ1n) is 8.74. The zero-order valence-electron chi connectivity index (χ0n) is 14.7. The zero-order chi connectivity index (χ0) is 17.8. The van der Waals surface area contributed by atoms with Crippen LogP contribution in [0.5, 0.6) is 0 Å². The molecule has 1 aliphatic rings. The molecule has 0 radical (unpaired) electrons. The molecule has 1 amide bonds. The van der Waals surface area contributed by atoms with E-state index in [1.807, 2.05) is 30.9 Å². The van der Waals surface area contributed by atoms with Crippen LogP contribution < -0.4 is 0 Å². The predicted octanol–water partition coefficient (Wildman–Crippen LogP) is 4.51. The van der Waals surface area contributed by atoms with Crippen LogP contribution in [-0.2, 0) is 4.79 Å². The SMILES string of the molecule is CCN(C(=O)C=C(C)C1CC1)C(c1ccc(F)cc1)c1cccnc1. The summed E-state index contributed by atoms with van der Waals surface area (Å²) in [5.41, 5.74) is 2.94. The number of pyridine rings is 1. The molecule has 0 saturated heterocycles. The molecule has 1 aromatic heterocycles. The lowest BCUT2D eigenvalue weighted by atomic mass is 9.98. The number of halogens is 1. The van der Waals surface area contributed by atoms with Crippen LogP contribution in [0.25, 0.3) is 0 Å². The van der Waals surface area contributed by atoms with Crippen molar-refractivity contribution < 1.29 is 9.18 Å². The Morgan fingerprint density at radius 3 is 2.56 bits per heavy atom. The fourth-order valence-corrected chi connectivity index (χ4v) is 3.13. The van der Waals surface area contributed by atoms with E-state index < -0.39 is 0 Å². The quantitative estimate of drug-likeness (QED) is 0.726. The Kier molecular flexibility index (Phi) is 5.27. The highest BCUT2D eigenvalue weighted by molar-refractivity contribution is 5.89. The van der Waals surface area contributed by atoms with Crippen molar-refractivity contribution in [3.63, 3.8) is 0 Å². The first-order chi connectivity index (χ1) is 12.1. The van der Waals surface area contributed by atoms with E-state index in [-0.39, 0.29) is 17.8 Å². The first-order valence-corrected chi connectivity index (χ1v) is 8.74. The molecule has 4 heteroatoms. The largest absolute Gasteiger partial charge is 0.328 e. The molecule has 1 atom stereocenters. The summed E-state index contributed by atoms with van der Waals surface area (Å²) in [5, 5.41) is 0. The van der Waals surface area contributed by atoms with Crippen LogP contribution in [-0.4, -0.2) is 22.3 Å². The number of likely N-dealkylation sites (N-methyl/N-ethyl adjacent to an activating group) is 1. The number of carbonyl (C=O) groups is 1. The fraction of sp³-hybridized carbons (Fsp3) is 0.333. The molecular formula is C21H23FN2O. The molecule has 1 unspecified atom stereocenters. The maximum atomic E-state index is 13.4. The molecule has 3 rings (SSSR count). The Morgan fingerprint density at radius 2 is 2.00 bits per heavy atom. The van der Waals surface area contributed by atoms with Gasteiger partial charge in [-0.3, -0.25) is 9.78 Å². The maximum Gasteiger partial charge on any atom is 0.247 e. The van der Waals surface area contributed by atoms with Crippen LogP contribution in [0.3, 0.4) is 0 Å². The molecule has 0 N–H and O–H groups in total. The van der Waals surface area contributed by atoms with E-state index in [0.717, 1.165) is 16.7 Å². The second kappa shape index (κ2) is 7.60. The third-order valence-electron chi connectivity index (χ3n) is 4.69. The maximum absolute atomic E-state index is 13.4. The Bertz CT molecular complexity index is 751. The summed E-state index contributed by atoms with van der Waals surface area (Å²) >= 11 is 0. The van der Waals surface area contributed by atoms with Crippen molar-refractivity contribution in [3.8, 4) is 0 Å². The average Bonchev–Trinajstić information content (AvgIpc) is 3.46. The topological polar surface area (TPSA) is 33.2 Å². The molecule has 1 heterocycles. The van der Waals surface area contributed by atoms with Gasteiger partial charge in [-0.2, -0.15) is 0 Å². The molecule has 1 saturated carbocycles. The molecule has 25 heavy (non-hydrogen) atoms. The lowest BCUT2D eigenvalue weighted by Gasteiger charge is -2.31. The summed E-state index contributed by atoms with van der Waals surface area (Å²) in [6.07, 6.45) is 7.58. The standard InChI is InChI=1S/C21H23FN2O/c1-3-24(20(25)13-15(2)16-6-7-16)21(18-5-4-12-23-14-18)17-8-10-19(22)11-9-17/h4-5,8-14,16,21H,3,6-7H2,1-2H3. The van der Waals surface area contributed by atoms with E-state index in [9.17, 15) is 9.18 Å². The van der Waals surface area contributed by atoms with E-state index in [1.165, 1.54) is 25.0 Å². The van der Waals surface area contributed by atoms with Crippen molar-refractivity contribution in [2.75, 3.05) is 6.54 Å². The summed E-state index contributed by atoms with van der Waals surface area (Å²) in [6.45, 7) is 4.55. The van der Waals surface area contributed by atoms with Crippen LogP contribution in [0.15, 0.2) is 60.4 Å². The van der Waals surface area contributed by atoms with E-state index in [0.29, 0.717) is 12.5 Å². The summed E-state index contributed by atoms with van der Waals surface area (Å²) in [7, 11) is 0. The summed E-state index contributed by atoms with van der Waals surface area (Å²) in [6, 6.07) is 9.87. The van der Waals surface area contributed by atoms with Crippen molar-refractivity contribution in [3.05, 3.63) is 77.4 Å². The fourth-order valence-electron chi connectivity index (χ4n) is 3.13. The van der Waals surface area contributed by atoms with E-state index in [4.69, 9.17) is 0 Å². The van der Waals surface area contributed by atoms with Gasteiger partial charge in [-0.05, 0) is 61.9 Å². The molecule has 1 fully saturated rings. The highest BCUT2D eigenvalue weighted by atomic mass is 19.1. The molecule has 1 aromatic carbocycles. The smallest absolute Gasteiger partial charge is 0.247 e. The molecule has 1 aliphatic carbocycles. The number of rotatable bonds is 6. The molecule has 2 aromatic rings. The van der Waals surface area contributed by atoms with Gasteiger partial charge in [0.15, 0.2) is 0 Å². The van der Waals surface area contributed by atoms with E-state index >= 15 is 0 Å². The molecule has 130 valence electrons. The number of hydrogen-bond acceptors (Lipinski definition) is 2. The van der Waals surface area contributed by atoms with Crippen molar-refractivity contribution in [2.45, 2.75) is 32.7 Å². The molecular weight excluding hydrogens is 315 g/mol. The van der Waals surface area contributed by atoms with E-state index in [1.54, 1.807) is 30.6 Å². The third kappa shape index (κ3) is 4.13. The Labute approximate surface area is 148 Å². The number of carbonyl (C=O) groups excluding carboxylic acids is 1.